The molecule has 0 bridgehead atoms. The van der Waals surface area contributed by atoms with Gasteiger partial charge in [-0.15, -0.1) is 0 Å². The number of carbonyl (C=O) groups excluding carboxylic acids is 2. The van der Waals surface area contributed by atoms with Crippen LogP contribution in [0.15, 0.2) is 24.4 Å². The van der Waals surface area contributed by atoms with Crippen LogP contribution in [-0.2, 0) is 0 Å². The lowest BCUT2D eigenvalue weighted by atomic mass is 10.2. The lowest BCUT2D eigenvalue weighted by Gasteiger charge is -1.97. The number of primary amides is 2. The number of nitrogens with zero attached hydrogens (tertiary/aromatic N) is 2. The van der Waals surface area contributed by atoms with Crippen molar-refractivity contribution >= 4 is 17.3 Å². The number of rotatable bonds is 2. The summed E-state index contributed by atoms with van der Waals surface area (Å²) in [4.78, 5) is 21.9. The minimum absolute atomic E-state index is 0.101. The van der Waals surface area contributed by atoms with Gasteiger partial charge >= 0.3 is 0 Å². The summed E-state index contributed by atoms with van der Waals surface area (Å²) in [6.07, 6.45) is 1.61. The first-order chi connectivity index (χ1) is 7.09. The first-order valence-electron chi connectivity index (χ1n) is 4.17. The van der Waals surface area contributed by atoms with Gasteiger partial charge in [0.2, 0.25) is 0 Å². The molecular formula is C9H8N4O2. The summed E-state index contributed by atoms with van der Waals surface area (Å²) in [7, 11) is 0. The third kappa shape index (κ3) is 1.41. The van der Waals surface area contributed by atoms with E-state index >= 15 is 0 Å². The molecule has 0 spiro atoms. The Hall–Kier alpha value is -2.37. The van der Waals surface area contributed by atoms with Crippen molar-refractivity contribution in [3.05, 3.63) is 35.7 Å². The summed E-state index contributed by atoms with van der Waals surface area (Å²) < 4.78 is 1.39. The van der Waals surface area contributed by atoms with Crippen LogP contribution in [0.5, 0.6) is 0 Å². The van der Waals surface area contributed by atoms with E-state index in [2.05, 4.69) is 5.10 Å². The second-order valence-corrected chi connectivity index (χ2v) is 3.01. The fourth-order valence-electron chi connectivity index (χ4n) is 1.34. The van der Waals surface area contributed by atoms with E-state index in [0.29, 0.717) is 11.1 Å². The highest BCUT2D eigenvalue weighted by Gasteiger charge is 2.11. The first kappa shape index (κ1) is 9.20. The van der Waals surface area contributed by atoms with E-state index < -0.39 is 11.8 Å². The van der Waals surface area contributed by atoms with E-state index in [0.717, 1.165) is 0 Å². The molecule has 0 aliphatic rings. The van der Waals surface area contributed by atoms with Crippen LogP contribution in [0.4, 0.5) is 0 Å². The Morgan fingerprint density at radius 3 is 2.60 bits per heavy atom. The molecule has 0 atom stereocenters. The van der Waals surface area contributed by atoms with Crippen LogP contribution in [0, 0.1) is 0 Å². The quantitative estimate of drug-likeness (QED) is 0.691. The molecule has 4 N–H and O–H groups in total. The summed E-state index contributed by atoms with van der Waals surface area (Å²) in [6, 6.07) is 4.61. The summed E-state index contributed by atoms with van der Waals surface area (Å²) in [6.45, 7) is 0. The van der Waals surface area contributed by atoms with Gasteiger partial charge in [0.15, 0.2) is 5.69 Å². The van der Waals surface area contributed by atoms with E-state index in [1.807, 2.05) is 0 Å². The van der Waals surface area contributed by atoms with Gasteiger partial charge in [0, 0.05) is 6.20 Å². The largest absolute Gasteiger partial charge is 0.366 e. The molecule has 2 amide bonds. The number of hydrogen-bond acceptors (Lipinski definition) is 3. The van der Waals surface area contributed by atoms with Crippen LogP contribution >= 0.6 is 0 Å². The molecule has 6 heteroatoms. The third-order valence-electron chi connectivity index (χ3n) is 2.02. The minimum Gasteiger partial charge on any atom is -0.366 e. The number of fused-ring (bicyclic) bond motifs is 1. The van der Waals surface area contributed by atoms with Gasteiger partial charge in [-0.1, -0.05) is 0 Å². The van der Waals surface area contributed by atoms with Gasteiger partial charge in [-0.05, 0) is 18.2 Å². The second kappa shape index (κ2) is 3.09. The molecule has 0 saturated carbocycles. The predicted octanol–water partition coefficient (Wildman–Crippen LogP) is -0.468. The molecule has 6 nitrogen and oxygen atoms in total. The maximum Gasteiger partial charge on any atom is 0.269 e. The average Bonchev–Trinajstić information content (AvgIpc) is 2.60. The summed E-state index contributed by atoms with van der Waals surface area (Å²) in [5.74, 6) is -1.22. The molecule has 0 radical (unpaired) electrons. The molecule has 2 rings (SSSR count). The first-order valence-corrected chi connectivity index (χ1v) is 4.17. The van der Waals surface area contributed by atoms with E-state index in [9.17, 15) is 9.59 Å². The smallest absolute Gasteiger partial charge is 0.269 e. The van der Waals surface area contributed by atoms with Gasteiger partial charge in [0.05, 0.1) is 11.1 Å². The van der Waals surface area contributed by atoms with Gasteiger partial charge in [0.1, 0.15) is 0 Å². The molecule has 2 heterocycles. The lowest BCUT2D eigenvalue weighted by molar-refractivity contribution is 0.0989. The van der Waals surface area contributed by atoms with Crippen LogP contribution in [0.3, 0.4) is 0 Å². The van der Waals surface area contributed by atoms with Gasteiger partial charge in [-0.25, -0.2) is 4.52 Å². The van der Waals surface area contributed by atoms with Crippen molar-refractivity contribution in [2.45, 2.75) is 0 Å². The molecule has 0 fully saturated rings. The van der Waals surface area contributed by atoms with Crippen molar-refractivity contribution in [1.82, 2.24) is 9.61 Å². The topological polar surface area (TPSA) is 103 Å². The van der Waals surface area contributed by atoms with Gasteiger partial charge in [0.25, 0.3) is 11.8 Å². The third-order valence-corrected chi connectivity index (χ3v) is 2.02. The maximum absolute atomic E-state index is 11.1. The number of nitrogens with two attached hydrogens (primary N) is 2. The molecule has 0 aliphatic heterocycles. The molecule has 0 aromatic carbocycles. The molecule has 0 aliphatic carbocycles. The number of hydrogen-bond donors (Lipinski definition) is 2. The van der Waals surface area contributed by atoms with E-state index in [4.69, 9.17) is 11.5 Å². The highest BCUT2D eigenvalue weighted by atomic mass is 16.1. The summed E-state index contributed by atoms with van der Waals surface area (Å²) in [5, 5.41) is 3.89. The van der Waals surface area contributed by atoms with Gasteiger partial charge in [-0.2, -0.15) is 5.10 Å². The van der Waals surface area contributed by atoms with Crippen LogP contribution in [-0.4, -0.2) is 21.4 Å². The zero-order chi connectivity index (χ0) is 11.0. The highest BCUT2D eigenvalue weighted by Crippen LogP contribution is 2.11. The maximum atomic E-state index is 11.1. The summed E-state index contributed by atoms with van der Waals surface area (Å²) >= 11 is 0. The van der Waals surface area contributed by atoms with Crippen LogP contribution in [0.25, 0.3) is 5.52 Å². The van der Waals surface area contributed by atoms with Crippen molar-refractivity contribution in [2.75, 3.05) is 0 Å². The fraction of sp³-hybridized carbons (Fsp3) is 0. The molecule has 2 aromatic rings. The van der Waals surface area contributed by atoms with Gasteiger partial charge in [-0.3, -0.25) is 9.59 Å². The Morgan fingerprint density at radius 2 is 2.00 bits per heavy atom. The fourth-order valence-corrected chi connectivity index (χ4v) is 1.34. The zero-order valence-electron chi connectivity index (χ0n) is 7.68. The van der Waals surface area contributed by atoms with Crippen molar-refractivity contribution in [3.63, 3.8) is 0 Å². The van der Waals surface area contributed by atoms with E-state index in [-0.39, 0.29) is 5.69 Å². The van der Waals surface area contributed by atoms with Crippen molar-refractivity contribution in [2.24, 2.45) is 11.5 Å². The SMILES string of the molecule is NC(=O)c1cc2c(C(N)=O)cccn2n1. The van der Waals surface area contributed by atoms with Crippen LogP contribution < -0.4 is 11.5 Å². The Morgan fingerprint density at radius 1 is 1.27 bits per heavy atom. The Kier molecular flexibility index (Phi) is 1.89. The Balaban J connectivity index is 2.75. The average molecular weight is 204 g/mol. The second-order valence-electron chi connectivity index (χ2n) is 3.01. The van der Waals surface area contributed by atoms with E-state index in [1.165, 1.54) is 10.6 Å². The van der Waals surface area contributed by atoms with Gasteiger partial charge < -0.3 is 11.5 Å². The lowest BCUT2D eigenvalue weighted by Crippen LogP contribution is -2.12. The standard InChI is InChI=1S/C9H8N4O2/c10-8(14)5-2-1-3-13-7(5)4-6(12-13)9(11)15/h1-4H,(H2,10,14)(H2,11,15). The minimum atomic E-state index is -0.644. The monoisotopic (exact) mass is 204 g/mol. The number of pyridine rings is 1. The van der Waals surface area contributed by atoms with Crippen LogP contribution in [0.2, 0.25) is 0 Å². The Labute approximate surface area is 84.5 Å². The van der Waals surface area contributed by atoms with Crippen molar-refractivity contribution in [3.8, 4) is 0 Å². The molecule has 15 heavy (non-hydrogen) atoms. The number of aromatic nitrogens is 2. The zero-order valence-corrected chi connectivity index (χ0v) is 7.68. The number of amides is 2. The molecule has 2 aromatic heterocycles. The van der Waals surface area contributed by atoms with Crippen molar-refractivity contribution < 1.29 is 9.59 Å². The van der Waals surface area contributed by atoms with Crippen molar-refractivity contribution in [1.29, 1.82) is 0 Å². The predicted molar refractivity (Wildman–Crippen MR) is 52.2 cm³/mol. The Bertz CT molecular complexity index is 558. The molecule has 0 saturated heterocycles. The van der Waals surface area contributed by atoms with Crippen LogP contribution in [0.1, 0.15) is 20.8 Å². The molecular weight excluding hydrogens is 196 g/mol. The normalized spacial score (nSPS) is 10.4. The molecule has 0 unspecified atom stereocenters. The number of carbonyl (C=O) groups is 2. The molecule has 76 valence electrons. The highest BCUT2D eigenvalue weighted by molar-refractivity contribution is 6.01. The summed E-state index contributed by atoms with van der Waals surface area (Å²) in [5.41, 5.74) is 11.1. The van der Waals surface area contributed by atoms with E-state index in [1.54, 1.807) is 18.3 Å².